The molecule has 1 aliphatic heterocycles. The van der Waals surface area contributed by atoms with Crippen molar-refractivity contribution in [2.75, 3.05) is 6.79 Å². The van der Waals surface area contributed by atoms with Crippen LogP contribution in [0.3, 0.4) is 0 Å². The van der Waals surface area contributed by atoms with Crippen LogP contribution in [0.5, 0.6) is 5.75 Å². The van der Waals surface area contributed by atoms with Gasteiger partial charge in [-0.05, 0) is 31.2 Å². The number of hydrogen-bond acceptors (Lipinski definition) is 4. The van der Waals surface area contributed by atoms with Crippen LogP contribution in [0.25, 0.3) is 0 Å². The van der Waals surface area contributed by atoms with Crippen LogP contribution in [-0.4, -0.2) is 11.7 Å². The van der Waals surface area contributed by atoms with E-state index in [0.29, 0.717) is 13.2 Å². The minimum absolute atomic E-state index is 0.0800. The second kappa shape index (κ2) is 6.20. The number of hydrogen-bond donors (Lipinski definition) is 0. The third kappa shape index (κ3) is 2.85. The van der Waals surface area contributed by atoms with Gasteiger partial charge in [-0.15, -0.1) is 0 Å². The van der Waals surface area contributed by atoms with E-state index in [1.54, 1.807) is 6.07 Å². The first-order chi connectivity index (χ1) is 11.7. The highest BCUT2D eigenvalue weighted by molar-refractivity contribution is 5.50. The molecule has 1 aromatic heterocycles. The lowest BCUT2D eigenvalue weighted by atomic mass is 9.93. The number of nitrogens with zero attached hydrogens (tertiary/aromatic N) is 2. The van der Waals surface area contributed by atoms with Crippen LogP contribution in [0.1, 0.15) is 35.1 Å². The molecule has 0 radical (unpaired) electrons. The van der Waals surface area contributed by atoms with E-state index in [1.807, 2.05) is 0 Å². The molecule has 1 aliphatic carbocycles. The van der Waals surface area contributed by atoms with Crippen molar-refractivity contribution in [2.45, 2.75) is 38.8 Å². The maximum atomic E-state index is 11.2. The van der Waals surface area contributed by atoms with Gasteiger partial charge in [-0.2, -0.15) is 0 Å². The lowest BCUT2D eigenvalue weighted by Gasteiger charge is -2.19. The lowest BCUT2D eigenvalue weighted by molar-refractivity contribution is -0.688. The van der Waals surface area contributed by atoms with Crippen LogP contribution in [0.2, 0.25) is 0 Å². The Morgan fingerprint density at radius 2 is 2.00 bits per heavy atom. The lowest BCUT2D eigenvalue weighted by Crippen LogP contribution is -2.35. The fourth-order valence-electron chi connectivity index (χ4n) is 3.52. The molecule has 0 bridgehead atoms. The fourth-order valence-corrected chi connectivity index (χ4v) is 3.52. The quantitative estimate of drug-likeness (QED) is 0.494. The van der Waals surface area contributed by atoms with Gasteiger partial charge in [0.25, 0.3) is 5.69 Å². The molecule has 0 saturated heterocycles. The number of non-ortho nitro benzene ring substituents is 1. The van der Waals surface area contributed by atoms with Crippen LogP contribution in [0, 0.1) is 10.1 Å². The highest BCUT2D eigenvalue weighted by Gasteiger charge is 2.23. The number of rotatable bonds is 3. The summed E-state index contributed by atoms with van der Waals surface area (Å²) in [4.78, 5) is 10.8. The van der Waals surface area contributed by atoms with E-state index in [9.17, 15) is 10.1 Å². The van der Waals surface area contributed by atoms with Crippen LogP contribution in [0.15, 0.2) is 30.6 Å². The maximum Gasteiger partial charge on any atom is 0.270 e. The number of fused-ring (bicyclic) bond motifs is 2. The molecule has 6 nitrogen and oxygen atoms in total. The smallest absolute Gasteiger partial charge is 0.270 e. The van der Waals surface area contributed by atoms with Crippen molar-refractivity contribution in [3.8, 4) is 5.75 Å². The molecule has 2 aromatic rings. The second-order valence-corrected chi connectivity index (χ2v) is 6.34. The normalized spacial score (nSPS) is 16.0. The van der Waals surface area contributed by atoms with E-state index in [1.165, 1.54) is 30.0 Å². The van der Waals surface area contributed by atoms with Crippen molar-refractivity contribution in [1.29, 1.82) is 0 Å². The zero-order chi connectivity index (χ0) is 16.5. The molecular formula is C18H19N2O4+. The Balaban J connectivity index is 1.71. The van der Waals surface area contributed by atoms with E-state index in [4.69, 9.17) is 9.47 Å². The van der Waals surface area contributed by atoms with Gasteiger partial charge in [0, 0.05) is 29.3 Å². The SMILES string of the molecule is O=[N+]([O-])c1cc2c(c(C[n+]3ccc4c(c3)CCCC4)c1)OCOC2. The molecule has 0 unspecified atom stereocenters. The van der Waals surface area contributed by atoms with E-state index < -0.39 is 0 Å². The van der Waals surface area contributed by atoms with Crippen LogP contribution >= 0.6 is 0 Å². The molecule has 4 rings (SSSR count). The first-order valence-electron chi connectivity index (χ1n) is 8.22. The zero-order valence-electron chi connectivity index (χ0n) is 13.4. The third-order valence-electron chi connectivity index (χ3n) is 4.68. The second-order valence-electron chi connectivity index (χ2n) is 6.34. The predicted molar refractivity (Wildman–Crippen MR) is 85.8 cm³/mol. The molecule has 0 N–H and O–H groups in total. The monoisotopic (exact) mass is 327 g/mol. The summed E-state index contributed by atoms with van der Waals surface area (Å²) in [7, 11) is 0. The molecule has 0 spiro atoms. The topological polar surface area (TPSA) is 65.5 Å². The third-order valence-corrected chi connectivity index (χ3v) is 4.68. The van der Waals surface area contributed by atoms with Crippen molar-refractivity contribution in [2.24, 2.45) is 0 Å². The Morgan fingerprint density at radius 1 is 1.17 bits per heavy atom. The van der Waals surface area contributed by atoms with Gasteiger partial charge >= 0.3 is 0 Å². The van der Waals surface area contributed by atoms with E-state index in [2.05, 4.69) is 23.0 Å². The average Bonchev–Trinajstić information content (AvgIpc) is 2.61. The van der Waals surface area contributed by atoms with Crippen molar-refractivity contribution in [3.05, 3.63) is 63.0 Å². The number of aryl methyl sites for hydroxylation is 2. The molecule has 0 atom stereocenters. The Labute approximate surface area is 139 Å². The van der Waals surface area contributed by atoms with Gasteiger partial charge < -0.3 is 9.47 Å². The van der Waals surface area contributed by atoms with Crippen molar-refractivity contribution < 1.29 is 19.0 Å². The minimum atomic E-state index is -0.365. The van der Waals surface area contributed by atoms with Gasteiger partial charge in [0.2, 0.25) is 0 Å². The number of aromatic nitrogens is 1. The molecule has 0 saturated carbocycles. The first kappa shape index (κ1) is 15.1. The molecule has 6 heteroatoms. The standard InChI is InChI=1S/C18H19N2O4/c21-20(22)17-7-15(18-16(8-17)11-23-12-24-18)10-19-6-5-13-3-1-2-4-14(13)9-19/h5-9H,1-4,10-12H2/q+1. The van der Waals surface area contributed by atoms with Crippen molar-refractivity contribution in [3.63, 3.8) is 0 Å². The summed E-state index contributed by atoms with van der Waals surface area (Å²) in [6, 6.07) is 5.31. The summed E-state index contributed by atoms with van der Waals surface area (Å²) in [6.45, 7) is 1.09. The Morgan fingerprint density at radius 3 is 2.83 bits per heavy atom. The van der Waals surface area contributed by atoms with Crippen LogP contribution in [-0.2, 0) is 30.7 Å². The van der Waals surface area contributed by atoms with E-state index >= 15 is 0 Å². The number of pyridine rings is 1. The largest absolute Gasteiger partial charge is 0.467 e. The zero-order valence-corrected chi connectivity index (χ0v) is 13.4. The fraction of sp³-hybridized carbons (Fsp3) is 0.389. The molecule has 124 valence electrons. The van der Waals surface area contributed by atoms with Gasteiger partial charge in [0.15, 0.2) is 25.7 Å². The predicted octanol–water partition coefficient (Wildman–Crippen LogP) is 2.68. The molecule has 0 fully saturated rings. The number of benzene rings is 1. The number of nitro groups is 1. The Hall–Kier alpha value is -2.47. The van der Waals surface area contributed by atoms with Crippen LogP contribution < -0.4 is 9.30 Å². The number of ether oxygens (including phenoxy) is 2. The highest BCUT2D eigenvalue weighted by atomic mass is 16.7. The van der Waals surface area contributed by atoms with Crippen LogP contribution in [0.4, 0.5) is 5.69 Å². The molecule has 2 aliphatic rings. The average molecular weight is 327 g/mol. The summed E-state index contributed by atoms with van der Waals surface area (Å²) in [6.07, 6.45) is 8.94. The highest BCUT2D eigenvalue weighted by Crippen LogP contribution is 2.32. The molecule has 1 aromatic carbocycles. The minimum Gasteiger partial charge on any atom is -0.467 e. The van der Waals surface area contributed by atoms with Gasteiger partial charge in [-0.1, -0.05) is 0 Å². The van der Waals surface area contributed by atoms with Gasteiger partial charge in [-0.25, -0.2) is 4.57 Å². The molecule has 24 heavy (non-hydrogen) atoms. The van der Waals surface area contributed by atoms with E-state index in [-0.39, 0.29) is 17.4 Å². The summed E-state index contributed by atoms with van der Waals surface area (Å²) < 4.78 is 13.0. The summed E-state index contributed by atoms with van der Waals surface area (Å²) in [5.41, 5.74) is 4.44. The van der Waals surface area contributed by atoms with Gasteiger partial charge in [0.05, 0.1) is 17.1 Å². The maximum absolute atomic E-state index is 11.2. The van der Waals surface area contributed by atoms with Gasteiger partial charge in [0.1, 0.15) is 5.75 Å². The Bertz CT molecular complexity index is 804. The van der Waals surface area contributed by atoms with E-state index in [0.717, 1.165) is 29.7 Å². The summed E-state index contributed by atoms with van der Waals surface area (Å²) in [5, 5.41) is 11.2. The van der Waals surface area contributed by atoms with Crippen molar-refractivity contribution >= 4 is 5.69 Å². The summed E-state index contributed by atoms with van der Waals surface area (Å²) >= 11 is 0. The number of nitro benzene ring substituents is 1. The summed E-state index contributed by atoms with van der Waals surface area (Å²) in [5.74, 6) is 0.720. The Kier molecular flexibility index (Phi) is 3.90. The molecule has 0 amide bonds. The molecule has 2 heterocycles. The van der Waals surface area contributed by atoms with Gasteiger partial charge in [-0.3, -0.25) is 10.1 Å². The first-order valence-corrected chi connectivity index (χ1v) is 8.22. The van der Waals surface area contributed by atoms with Crippen molar-refractivity contribution in [1.82, 2.24) is 0 Å². The molecular weight excluding hydrogens is 308 g/mol.